The Bertz CT molecular complexity index is 1640. The molecule has 2 amide bonds. The van der Waals surface area contributed by atoms with Crippen molar-refractivity contribution in [2.24, 2.45) is 11.5 Å². The van der Waals surface area contributed by atoms with E-state index in [1.165, 1.54) is 28.9 Å². The molecule has 4 N–H and O–H groups in total. The highest BCUT2D eigenvalue weighted by Gasteiger charge is 2.44. The molecule has 2 aromatic heterocycles. The van der Waals surface area contributed by atoms with Crippen molar-refractivity contribution < 1.29 is 32.2 Å². The molecule has 2 aromatic carbocycles. The van der Waals surface area contributed by atoms with E-state index < -0.39 is 49.9 Å². The first-order valence-electron chi connectivity index (χ1n) is 11.4. The second kappa shape index (κ2) is 11.9. The quantitative estimate of drug-likeness (QED) is 0.288. The Morgan fingerprint density at radius 3 is 2.32 bits per heavy atom. The number of ether oxygens (including phenoxy) is 2. The molecular weight excluding hydrogens is 596 g/mol. The van der Waals surface area contributed by atoms with Crippen LogP contribution in [0.2, 0.25) is 10.0 Å². The Morgan fingerprint density at radius 2 is 1.71 bits per heavy atom. The Morgan fingerprint density at radius 1 is 1.00 bits per heavy atom. The molecule has 0 aliphatic carbocycles. The Balaban J connectivity index is 1.78. The number of hydrogen-bond donors (Lipinski definition) is 2. The molecule has 4 aromatic rings. The lowest BCUT2D eigenvalue weighted by Crippen LogP contribution is -2.41. The number of benzene rings is 2. The molecule has 0 spiro atoms. The van der Waals surface area contributed by atoms with E-state index in [-0.39, 0.29) is 23.0 Å². The summed E-state index contributed by atoms with van der Waals surface area (Å²) in [4.78, 5) is 39.9. The van der Waals surface area contributed by atoms with Crippen LogP contribution in [0.4, 0.5) is 22.8 Å². The number of rotatable bonds is 9. The zero-order valence-corrected chi connectivity index (χ0v) is 22.1. The first-order valence-corrected chi connectivity index (χ1v) is 12.2. The number of amides is 2. The third kappa shape index (κ3) is 7.15. The van der Waals surface area contributed by atoms with E-state index in [1.54, 1.807) is 24.3 Å². The van der Waals surface area contributed by atoms with Crippen molar-refractivity contribution >= 4 is 35.4 Å². The maximum Gasteiger partial charge on any atom is 0.427 e. The molecule has 0 aliphatic rings. The molecule has 0 bridgehead atoms. The Hall–Kier alpha value is -4.57. The molecule has 0 fully saturated rings. The molecule has 0 radical (unpaired) electrons. The van der Waals surface area contributed by atoms with E-state index in [0.29, 0.717) is 20.3 Å². The van der Waals surface area contributed by atoms with Crippen LogP contribution in [-0.2, 0) is 29.2 Å². The standard InChI is InChI=1S/C23H19Cl2F3N8O5/c24-13-6-4-12(5-7-13)19-33-35(22(39)34(19)9-16(23(26,27)28)41-21(30)38)10-17-31-18(11-40-20(29)37)36(32-17)15-3-1-2-14(25)8-15/h1-8,16H,9-11H2,(H2,29,37)(H2,30,38). The SMILES string of the molecule is NC(=O)OCc1nc(Cn2nc(-c3ccc(Cl)cc3)n(CC(OC(N)=O)C(F)(F)F)c2=O)nn1-c1cccc(Cl)c1. The van der Waals surface area contributed by atoms with Gasteiger partial charge in [-0.15, -0.1) is 10.2 Å². The van der Waals surface area contributed by atoms with Gasteiger partial charge in [0.15, 0.2) is 24.1 Å². The normalized spacial score (nSPS) is 12.2. The van der Waals surface area contributed by atoms with Crippen LogP contribution in [0.1, 0.15) is 11.6 Å². The van der Waals surface area contributed by atoms with Crippen molar-refractivity contribution in [2.45, 2.75) is 32.0 Å². The first kappa shape index (κ1) is 29.4. The number of carbonyl (C=O) groups is 2. The fraction of sp³-hybridized carbons (Fsp3) is 0.217. The van der Waals surface area contributed by atoms with E-state index >= 15 is 0 Å². The van der Waals surface area contributed by atoms with Gasteiger partial charge in [-0.3, -0.25) is 4.57 Å². The molecule has 0 saturated carbocycles. The number of alkyl halides is 3. The lowest BCUT2D eigenvalue weighted by atomic mass is 10.2. The minimum Gasteiger partial charge on any atom is -0.441 e. The predicted octanol–water partition coefficient (Wildman–Crippen LogP) is 3.27. The minimum atomic E-state index is -5.06. The van der Waals surface area contributed by atoms with Crippen molar-refractivity contribution in [3.63, 3.8) is 0 Å². The lowest BCUT2D eigenvalue weighted by molar-refractivity contribution is -0.206. The second-order valence-electron chi connectivity index (χ2n) is 8.29. The minimum absolute atomic E-state index is 0.0248. The summed E-state index contributed by atoms with van der Waals surface area (Å²) >= 11 is 12.0. The molecule has 1 unspecified atom stereocenters. The second-order valence-corrected chi connectivity index (χ2v) is 9.16. The summed E-state index contributed by atoms with van der Waals surface area (Å²) in [5.41, 5.74) is 9.54. The third-order valence-electron chi connectivity index (χ3n) is 5.40. The van der Waals surface area contributed by atoms with Gasteiger partial charge in [-0.1, -0.05) is 29.3 Å². The zero-order chi connectivity index (χ0) is 29.9. The number of primary amides is 2. The lowest BCUT2D eigenvalue weighted by Gasteiger charge is -2.20. The van der Waals surface area contributed by atoms with E-state index in [4.69, 9.17) is 39.4 Å². The number of halogens is 5. The number of nitrogens with two attached hydrogens (primary N) is 2. The average molecular weight is 615 g/mol. The summed E-state index contributed by atoms with van der Waals surface area (Å²) in [6.45, 7) is -1.96. The van der Waals surface area contributed by atoms with Crippen LogP contribution in [0.15, 0.2) is 53.3 Å². The molecule has 13 nitrogen and oxygen atoms in total. The maximum absolute atomic E-state index is 13.6. The average Bonchev–Trinajstić information content (AvgIpc) is 3.43. The summed E-state index contributed by atoms with van der Waals surface area (Å²) in [6.07, 6.45) is -10.6. The highest BCUT2D eigenvalue weighted by molar-refractivity contribution is 6.31. The molecule has 4 rings (SSSR count). The number of carbonyl (C=O) groups excluding carboxylic acids is 2. The molecule has 18 heteroatoms. The van der Waals surface area contributed by atoms with Crippen molar-refractivity contribution in [2.75, 3.05) is 0 Å². The number of nitrogens with zero attached hydrogens (tertiary/aromatic N) is 6. The van der Waals surface area contributed by atoms with Gasteiger partial charge >= 0.3 is 24.1 Å². The van der Waals surface area contributed by atoms with Gasteiger partial charge in [-0.05, 0) is 42.5 Å². The van der Waals surface area contributed by atoms with Gasteiger partial charge in [-0.25, -0.2) is 28.7 Å². The number of hydrogen-bond acceptors (Lipinski definition) is 8. The van der Waals surface area contributed by atoms with E-state index in [1.807, 2.05) is 0 Å². The fourth-order valence-electron chi connectivity index (χ4n) is 3.67. The highest BCUT2D eigenvalue weighted by Crippen LogP contribution is 2.26. The molecule has 41 heavy (non-hydrogen) atoms. The molecule has 216 valence electrons. The topological polar surface area (TPSA) is 175 Å². The fourth-order valence-corrected chi connectivity index (χ4v) is 3.98. The largest absolute Gasteiger partial charge is 0.441 e. The van der Waals surface area contributed by atoms with Gasteiger partial charge in [0.1, 0.15) is 6.54 Å². The van der Waals surface area contributed by atoms with Crippen molar-refractivity contribution in [1.29, 1.82) is 0 Å². The van der Waals surface area contributed by atoms with E-state index in [9.17, 15) is 27.6 Å². The van der Waals surface area contributed by atoms with Gasteiger partial charge in [0.25, 0.3) is 0 Å². The van der Waals surface area contributed by atoms with Crippen LogP contribution in [-0.4, -0.2) is 53.6 Å². The Labute approximate surface area is 238 Å². The monoisotopic (exact) mass is 614 g/mol. The number of aromatic nitrogens is 6. The van der Waals surface area contributed by atoms with Crippen molar-refractivity contribution in [1.82, 2.24) is 29.1 Å². The molecular formula is C23H19Cl2F3N8O5. The third-order valence-corrected chi connectivity index (χ3v) is 5.89. The van der Waals surface area contributed by atoms with Crippen LogP contribution in [0.25, 0.3) is 17.1 Å². The van der Waals surface area contributed by atoms with Crippen LogP contribution in [0.5, 0.6) is 0 Å². The summed E-state index contributed by atoms with van der Waals surface area (Å²) in [7, 11) is 0. The molecule has 2 heterocycles. The Kier molecular flexibility index (Phi) is 8.53. The summed E-state index contributed by atoms with van der Waals surface area (Å²) in [6, 6.07) is 12.2. The van der Waals surface area contributed by atoms with Gasteiger partial charge in [0.05, 0.1) is 12.2 Å². The molecule has 1 atom stereocenters. The van der Waals surface area contributed by atoms with E-state index in [2.05, 4.69) is 19.9 Å². The van der Waals surface area contributed by atoms with Crippen LogP contribution in [0.3, 0.4) is 0 Å². The van der Waals surface area contributed by atoms with Gasteiger partial charge in [0.2, 0.25) is 6.10 Å². The highest BCUT2D eigenvalue weighted by atomic mass is 35.5. The smallest absolute Gasteiger partial charge is 0.427 e. The predicted molar refractivity (Wildman–Crippen MR) is 137 cm³/mol. The van der Waals surface area contributed by atoms with Crippen molar-refractivity contribution in [3.8, 4) is 17.1 Å². The van der Waals surface area contributed by atoms with E-state index in [0.717, 1.165) is 4.68 Å². The van der Waals surface area contributed by atoms with Crippen LogP contribution >= 0.6 is 23.2 Å². The summed E-state index contributed by atoms with van der Waals surface area (Å²) in [5, 5.41) is 9.20. The maximum atomic E-state index is 13.6. The summed E-state index contributed by atoms with van der Waals surface area (Å²) < 4.78 is 52.8. The molecule has 0 saturated heterocycles. The molecule has 0 aliphatic heterocycles. The zero-order valence-electron chi connectivity index (χ0n) is 20.6. The van der Waals surface area contributed by atoms with Crippen LogP contribution in [0, 0.1) is 0 Å². The van der Waals surface area contributed by atoms with Gasteiger partial charge in [-0.2, -0.15) is 13.2 Å². The van der Waals surface area contributed by atoms with Gasteiger partial charge in [0, 0.05) is 15.6 Å². The summed E-state index contributed by atoms with van der Waals surface area (Å²) in [5.74, 6) is -0.123. The van der Waals surface area contributed by atoms with Crippen LogP contribution < -0.4 is 17.2 Å². The van der Waals surface area contributed by atoms with Gasteiger partial charge < -0.3 is 20.9 Å². The van der Waals surface area contributed by atoms with Crippen molar-refractivity contribution in [3.05, 3.63) is 80.7 Å². The first-order chi connectivity index (χ1) is 19.3.